The highest BCUT2D eigenvalue weighted by Crippen LogP contribution is 2.24. The zero-order valence-corrected chi connectivity index (χ0v) is 21.5. The third-order valence-corrected chi connectivity index (χ3v) is 6.13. The number of aryl methyl sites for hydroxylation is 2. The predicted octanol–water partition coefficient (Wildman–Crippen LogP) is 7.23. The molecule has 0 amide bonds. The maximum Gasteiger partial charge on any atom is 0.0239 e. The van der Waals surface area contributed by atoms with Gasteiger partial charge in [-0.05, 0) is 75.4 Å². The summed E-state index contributed by atoms with van der Waals surface area (Å²) >= 11 is 0. The quantitative estimate of drug-likeness (QED) is 0.504. The first-order chi connectivity index (χ1) is 15.4. The Kier molecular flexibility index (Phi) is 10.9. The van der Waals surface area contributed by atoms with Crippen molar-refractivity contribution in [2.24, 2.45) is 0 Å². The van der Waals surface area contributed by atoms with Crippen LogP contribution in [0.3, 0.4) is 0 Å². The molecule has 2 heteroatoms. The number of hydrogen-bond acceptors (Lipinski definition) is 2. The summed E-state index contributed by atoms with van der Waals surface area (Å²) in [4.78, 5) is 4.92. The van der Waals surface area contributed by atoms with Crippen LogP contribution in [0.2, 0.25) is 0 Å². The molecule has 0 fully saturated rings. The van der Waals surface area contributed by atoms with Crippen LogP contribution in [-0.2, 0) is 0 Å². The maximum absolute atomic E-state index is 2.54. The molecule has 0 bridgehead atoms. The molecule has 0 saturated heterocycles. The fraction of sp³-hybridized carbons (Fsp3) is 0.467. The average molecular weight is 433 g/mol. The van der Waals surface area contributed by atoms with E-state index < -0.39 is 0 Å². The van der Waals surface area contributed by atoms with Crippen molar-refractivity contribution in [3.63, 3.8) is 0 Å². The van der Waals surface area contributed by atoms with Crippen LogP contribution in [0, 0.1) is 13.8 Å². The molecule has 0 N–H and O–H groups in total. The van der Waals surface area contributed by atoms with Gasteiger partial charge in [0.1, 0.15) is 0 Å². The summed E-state index contributed by atoms with van der Waals surface area (Å²) in [5.74, 6) is 0. The second-order valence-corrected chi connectivity index (χ2v) is 9.02. The predicted molar refractivity (Wildman–Crippen MR) is 143 cm³/mol. The number of rotatable bonds is 3. The van der Waals surface area contributed by atoms with Crippen molar-refractivity contribution in [1.29, 1.82) is 0 Å². The molecular weight excluding hydrogens is 388 g/mol. The minimum Gasteiger partial charge on any atom is -0.302 e. The van der Waals surface area contributed by atoms with Gasteiger partial charge in [0.25, 0.3) is 0 Å². The molecule has 0 aromatic heterocycles. The van der Waals surface area contributed by atoms with Crippen molar-refractivity contribution in [2.45, 2.75) is 60.4 Å². The van der Waals surface area contributed by atoms with Gasteiger partial charge in [-0.15, -0.1) is 0 Å². The van der Waals surface area contributed by atoms with E-state index >= 15 is 0 Å². The Bertz CT molecular complexity index is 891. The minimum absolute atomic E-state index is 0.646. The fourth-order valence-corrected chi connectivity index (χ4v) is 4.28. The Morgan fingerprint density at radius 2 is 1.47 bits per heavy atom. The Morgan fingerprint density at radius 1 is 0.781 bits per heavy atom. The van der Waals surface area contributed by atoms with Crippen LogP contribution >= 0.6 is 0 Å². The number of nitrogens with zero attached hydrogens (tertiary/aromatic N) is 2. The first-order valence-corrected chi connectivity index (χ1v) is 12.4. The fourth-order valence-electron chi connectivity index (χ4n) is 4.28. The lowest BCUT2D eigenvalue weighted by Gasteiger charge is -2.31. The van der Waals surface area contributed by atoms with Gasteiger partial charge in [-0.2, -0.15) is 0 Å². The highest BCUT2D eigenvalue weighted by Gasteiger charge is 2.16. The largest absolute Gasteiger partial charge is 0.302 e. The highest BCUT2D eigenvalue weighted by molar-refractivity contribution is 5.70. The van der Waals surface area contributed by atoms with Gasteiger partial charge in [0, 0.05) is 32.2 Å². The molecule has 2 aromatic carbocycles. The van der Waals surface area contributed by atoms with Crippen molar-refractivity contribution >= 4 is 11.1 Å². The average Bonchev–Trinajstić information content (AvgIpc) is 2.81. The summed E-state index contributed by atoms with van der Waals surface area (Å²) in [5, 5.41) is 0. The van der Waals surface area contributed by atoms with Gasteiger partial charge in [-0.3, -0.25) is 4.90 Å². The molecule has 0 unspecified atom stereocenters. The topological polar surface area (TPSA) is 6.48 Å². The van der Waals surface area contributed by atoms with Gasteiger partial charge in [0.05, 0.1) is 0 Å². The molecule has 2 aliphatic heterocycles. The van der Waals surface area contributed by atoms with Crippen LogP contribution in [0.1, 0.15) is 62.8 Å². The van der Waals surface area contributed by atoms with Gasteiger partial charge in [0.15, 0.2) is 0 Å². The molecule has 2 aromatic rings. The normalized spacial score (nSPS) is 16.9. The van der Waals surface area contributed by atoms with Crippen LogP contribution in [0.15, 0.2) is 60.7 Å². The first-order valence-electron chi connectivity index (χ1n) is 12.4. The molecule has 2 heterocycles. The Morgan fingerprint density at radius 3 is 2.12 bits per heavy atom. The van der Waals surface area contributed by atoms with E-state index in [4.69, 9.17) is 0 Å². The zero-order chi connectivity index (χ0) is 23.5. The van der Waals surface area contributed by atoms with Gasteiger partial charge >= 0.3 is 0 Å². The van der Waals surface area contributed by atoms with Crippen LogP contribution in [-0.4, -0.2) is 49.1 Å². The molecule has 0 aliphatic carbocycles. The molecular formula is C30H44N2. The van der Waals surface area contributed by atoms with Gasteiger partial charge in [-0.25, -0.2) is 0 Å². The van der Waals surface area contributed by atoms with Crippen LogP contribution in [0.25, 0.3) is 11.1 Å². The zero-order valence-electron chi connectivity index (χ0n) is 21.5. The van der Waals surface area contributed by atoms with Crippen molar-refractivity contribution < 1.29 is 0 Å². The van der Waals surface area contributed by atoms with E-state index in [2.05, 4.69) is 105 Å². The molecule has 2 aliphatic rings. The molecule has 0 radical (unpaired) electrons. The number of likely N-dealkylation sites (N-methyl/N-ethyl adjacent to an activating group) is 1. The second kappa shape index (κ2) is 13.4. The van der Waals surface area contributed by atoms with E-state index in [1.807, 2.05) is 13.8 Å². The Balaban J connectivity index is 0.000000212. The summed E-state index contributed by atoms with van der Waals surface area (Å²) in [5.41, 5.74) is 8.51. The monoisotopic (exact) mass is 432 g/mol. The third-order valence-electron chi connectivity index (χ3n) is 6.13. The SMILES string of the molecule is CC.Cc1cccc(C2=CCCN(C)C2)c1.Cc1ccccc1C1=CCCN(C(C)C)C1. The summed E-state index contributed by atoms with van der Waals surface area (Å²) in [6.45, 7) is 17.5. The van der Waals surface area contributed by atoms with Crippen molar-refractivity contribution in [3.8, 4) is 0 Å². The van der Waals surface area contributed by atoms with E-state index in [1.54, 1.807) is 0 Å². The summed E-state index contributed by atoms with van der Waals surface area (Å²) in [6, 6.07) is 18.1. The maximum atomic E-state index is 2.54. The van der Waals surface area contributed by atoms with Crippen molar-refractivity contribution in [2.75, 3.05) is 33.2 Å². The van der Waals surface area contributed by atoms with Gasteiger partial charge in [0.2, 0.25) is 0 Å². The highest BCUT2D eigenvalue weighted by atomic mass is 15.1. The van der Waals surface area contributed by atoms with Crippen LogP contribution in [0.4, 0.5) is 0 Å². The van der Waals surface area contributed by atoms with E-state index in [-0.39, 0.29) is 0 Å². The first kappa shape index (κ1) is 26.1. The second-order valence-electron chi connectivity index (χ2n) is 9.02. The minimum atomic E-state index is 0.646. The lowest BCUT2D eigenvalue weighted by Crippen LogP contribution is -2.35. The third kappa shape index (κ3) is 7.76. The Hall–Kier alpha value is -2.16. The molecule has 0 spiro atoms. The molecule has 0 atom stereocenters. The van der Waals surface area contributed by atoms with Gasteiger partial charge in [-0.1, -0.05) is 80.1 Å². The molecule has 2 nitrogen and oxygen atoms in total. The Labute approximate surface area is 197 Å². The lowest BCUT2D eigenvalue weighted by atomic mass is 9.96. The number of hydrogen-bond donors (Lipinski definition) is 0. The molecule has 4 rings (SSSR count). The van der Waals surface area contributed by atoms with Gasteiger partial charge < -0.3 is 4.90 Å². The van der Waals surface area contributed by atoms with Crippen molar-refractivity contribution in [3.05, 3.63) is 82.9 Å². The van der Waals surface area contributed by atoms with E-state index in [1.165, 1.54) is 59.3 Å². The van der Waals surface area contributed by atoms with E-state index in [0.717, 1.165) is 13.1 Å². The molecule has 174 valence electrons. The summed E-state index contributed by atoms with van der Waals surface area (Å²) in [6.07, 6.45) is 7.14. The van der Waals surface area contributed by atoms with Crippen LogP contribution < -0.4 is 0 Å². The standard InChI is InChI=1S/C15H21N.C13H17N.C2H6/c1-12(2)16-10-6-8-14(11-16)15-9-5-4-7-13(15)3;1-11-5-3-6-12(9-11)13-7-4-8-14(2)10-13;1-2/h4-5,7-9,12H,6,10-11H2,1-3H3;3,5-7,9H,4,8,10H2,1-2H3;1-2H3. The summed E-state index contributed by atoms with van der Waals surface area (Å²) in [7, 11) is 2.18. The van der Waals surface area contributed by atoms with E-state index in [0.29, 0.717) is 6.04 Å². The van der Waals surface area contributed by atoms with Crippen molar-refractivity contribution in [1.82, 2.24) is 9.80 Å². The number of benzene rings is 2. The summed E-state index contributed by atoms with van der Waals surface area (Å²) < 4.78 is 0. The molecule has 0 saturated carbocycles. The lowest BCUT2D eigenvalue weighted by molar-refractivity contribution is 0.248. The smallest absolute Gasteiger partial charge is 0.0239 e. The van der Waals surface area contributed by atoms with Crippen LogP contribution in [0.5, 0.6) is 0 Å². The molecule has 32 heavy (non-hydrogen) atoms. The van der Waals surface area contributed by atoms with E-state index in [9.17, 15) is 0 Å².